The van der Waals surface area contributed by atoms with Gasteiger partial charge >= 0.3 is 12.0 Å². The molecule has 1 aromatic heterocycles. The van der Waals surface area contributed by atoms with Gasteiger partial charge in [-0.3, -0.25) is 9.59 Å². The van der Waals surface area contributed by atoms with E-state index in [1.54, 1.807) is 18.3 Å². The third-order valence-corrected chi connectivity index (χ3v) is 7.09. The van der Waals surface area contributed by atoms with Crippen molar-refractivity contribution in [3.63, 3.8) is 0 Å². The van der Waals surface area contributed by atoms with Crippen LogP contribution in [0.15, 0.2) is 66.9 Å². The molecule has 0 saturated heterocycles. The zero-order valence-corrected chi connectivity index (χ0v) is 20.8. The molecule has 1 aliphatic heterocycles. The van der Waals surface area contributed by atoms with E-state index in [0.29, 0.717) is 25.1 Å². The molecular weight excluding hydrogens is 476 g/mol. The van der Waals surface area contributed by atoms with Gasteiger partial charge in [-0.25, -0.2) is 9.78 Å². The average molecular weight is 505 g/mol. The number of thiazole rings is 1. The number of urea groups is 1. The minimum Gasteiger partial charge on any atom is -0.481 e. The highest BCUT2D eigenvalue weighted by atomic mass is 32.1. The van der Waals surface area contributed by atoms with E-state index in [9.17, 15) is 14.4 Å². The van der Waals surface area contributed by atoms with Gasteiger partial charge in [0, 0.05) is 29.0 Å². The Bertz CT molecular complexity index is 1270. The molecular formula is C27H28N4O4S. The number of carboxylic acids is 1. The highest BCUT2D eigenvalue weighted by Gasteiger charge is 2.28. The quantitative estimate of drug-likeness (QED) is 0.366. The van der Waals surface area contributed by atoms with Crippen LogP contribution in [-0.2, 0) is 22.4 Å². The van der Waals surface area contributed by atoms with E-state index < -0.39 is 5.97 Å². The third kappa shape index (κ3) is 6.57. The van der Waals surface area contributed by atoms with Crippen molar-refractivity contribution in [2.24, 2.45) is 0 Å². The van der Waals surface area contributed by atoms with Crippen LogP contribution in [0.2, 0.25) is 0 Å². The minimum atomic E-state index is -0.838. The van der Waals surface area contributed by atoms with Gasteiger partial charge in [-0.05, 0) is 49.1 Å². The number of carbonyl (C=O) groups is 3. The van der Waals surface area contributed by atoms with Crippen LogP contribution in [-0.4, -0.2) is 39.4 Å². The molecule has 1 aliphatic rings. The summed E-state index contributed by atoms with van der Waals surface area (Å²) in [5.41, 5.74) is 3.20. The molecule has 0 spiro atoms. The number of hydrogen-bond donors (Lipinski definition) is 3. The first-order valence-corrected chi connectivity index (χ1v) is 12.5. The Labute approximate surface area is 213 Å². The Morgan fingerprint density at radius 3 is 2.61 bits per heavy atom. The fraction of sp³-hybridized carbons (Fsp3) is 0.259. The molecule has 2 aromatic carbocycles. The van der Waals surface area contributed by atoms with E-state index in [2.05, 4.69) is 21.7 Å². The number of carbonyl (C=O) groups excluding carboxylic acids is 2. The molecule has 8 nitrogen and oxygen atoms in total. The van der Waals surface area contributed by atoms with Gasteiger partial charge in [-0.2, -0.15) is 0 Å². The van der Waals surface area contributed by atoms with Crippen LogP contribution in [0.25, 0.3) is 0 Å². The molecule has 0 radical (unpaired) electrons. The lowest BCUT2D eigenvalue weighted by Gasteiger charge is -2.31. The van der Waals surface area contributed by atoms with Crippen molar-refractivity contribution in [3.8, 4) is 0 Å². The number of anilines is 2. The second-order valence-corrected chi connectivity index (χ2v) is 9.74. The summed E-state index contributed by atoms with van der Waals surface area (Å²) in [7, 11) is 0. The van der Waals surface area contributed by atoms with Gasteiger partial charge in [0.25, 0.3) is 0 Å². The van der Waals surface area contributed by atoms with Crippen LogP contribution in [0.3, 0.4) is 0 Å². The Morgan fingerprint density at radius 1 is 1.08 bits per heavy atom. The highest BCUT2D eigenvalue weighted by Crippen LogP contribution is 2.32. The SMILES string of the molecule is Cc1ccccc1NC(=O)Nc1ccc(CC(=O)N2CC=CCC2c2ncc(CCC(=O)O)s2)cc1. The van der Waals surface area contributed by atoms with E-state index in [4.69, 9.17) is 5.11 Å². The van der Waals surface area contributed by atoms with E-state index in [1.165, 1.54) is 11.3 Å². The predicted molar refractivity (Wildman–Crippen MR) is 140 cm³/mol. The van der Waals surface area contributed by atoms with Gasteiger partial charge in [0.1, 0.15) is 5.01 Å². The normalized spacial score (nSPS) is 14.9. The number of benzene rings is 2. The summed E-state index contributed by atoms with van der Waals surface area (Å²) in [5, 5.41) is 15.4. The van der Waals surface area contributed by atoms with Gasteiger partial charge in [0.15, 0.2) is 0 Å². The Hall–Kier alpha value is -3.98. The number of carboxylic acid groups (broad SMARTS) is 1. The van der Waals surface area contributed by atoms with Gasteiger partial charge < -0.3 is 20.6 Å². The zero-order valence-electron chi connectivity index (χ0n) is 19.9. The largest absolute Gasteiger partial charge is 0.481 e. The Kier molecular flexibility index (Phi) is 8.12. The first kappa shape index (κ1) is 25.1. The summed E-state index contributed by atoms with van der Waals surface area (Å²) < 4.78 is 0. The monoisotopic (exact) mass is 504 g/mol. The molecule has 0 aliphatic carbocycles. The lowest BCUT2D eigenvalue weighted by Crippen LogP contribution is -2.37. The van der Waals surface area contributed by atoms with Crippen molar-refractivity contribution in [2.75, 3.05) is 17.2 Å². The van der Waals surface area contributed by atoms with Crippen LogP contribution in [0, 0.1) is 6.92 Å². The maximum Gasteiger partial charge on any atom is 0.323 e. The number of rotatable bonds is 8. The highest BCUT2D eigenvalue weighted by molar-refractivity contribution is 7.11. The lowest BCUT2D eigenvalue weighted by molar-refractivity contribution is -0.137. The molecule has 3 aromatic rings. The van der Waals surface area contributed by atoms with Gasteiger partial charge in [0.05, 0.1) is 18.9 Å². The maximum atomic E-state index is 13.2. The van der Waals surface area contributed by atoms with E-state index in [0.717, 1.165) is 26.7 Å². The van der Waals surface area contributed by atoms with Gasteiger partial charge in [-0.15, -0.1) is 11.3 Å². The number of aliphatic carboxylic acids is 1. The predicted octanol–water partition coefficient (Wildman–Crippen LogP) is 5.19. The lowest BCUT2D eigenvalue weighted by atomic mass is 10.1. The summed E-state index contributed by atoms with van der Waals surface area (Å²) in [4.78, 5) is 43.6. The minimum absolute atomic E-state index is 0.00959. The van der Waals surface area contributed by atoms with E-state index >= 15 is 0 Å². The third-order valence-electron chi connectivity index (χ3n) is 5.93. The van der Waals surface area contributed by atoms with Crippen LogP contribution in [0.1, 0.15) is 39.9 Å². The van der Waals surface area contributed by atoms with Crippen molar-refractivity contribution >= 4 is 40.6 Å². The molecule has 4 rings (SSSR count). The van der Waals surface area contributed by atoms with Crippen molar-refractivity contribution in [1.29, 1.82) is 0 Å². The van der Waals surface area contributed by atoms with Crippen molar-refractivity contribution < 1.29 is 19.5 Å². The van der Waals surface area contributed by atoms with Gasteiger partial charge in [0.2, 0.25) is 5.91 Å². The van der Waals surface area contributed by atoms with Crippen molar-refractivity contribution in [2.45, 2.75) is 38.6 Å². The maximum absolute atomic E-state index is 13.2. The molecule has 1 atom stereocenters. The van der Waals surface area contributed by atoms with Crippen LogP contribution >= 0.6 is 11.3 Å². The fourth-order valence-corrected chi connectivity index (χ4v) is 5.02. The average Bonchev–Trinajstić information content (AvgIpc) is 3.34. The topological polar surface area (TPSA) is 112 Å². The summed E-state index contributed by atoms with van der Waals surface area (Å²) in [6.45, 7) is 2.43. The van der Waals surface area contributed by atoms with Crippen molar-refractivity contribution in [1.82, 2.24) is 9.88 Å². The van der Waals surface area contributed by atoms with Crippen LogP contribution in [0.5, 0.6) is 0 Å². The molecule has 0 bridgehead atoms. The van der Waals surface area contributed by atoms with E-state index in [-0.39, 0.29) is 30.8 Å². The van der Waals surface area contributed by atoms with Gasteiger partial charge in [-0.1, -0.05) is 42.5 Å². The number of para-hydroxylation sites is 1. The fourth-order valence-electron chi connectivity index (χ4n) is 3.98. The number of nitrogens with zero attached hydrogens (tertiary/aromatic N) is 2. The van der Waals surface area contributed by atoms with Crippen LogP contribution in [0.4, 0.5) is 16.2 Å². The summed E-state index contributed by atoms with van der Waals surface area (Å²) >= 11 is 1.47. The molecule has 1 unspecified atom stereocenters. The number of hydrogen-bond acceptors (Lipinski definition) is 5. The molecule has 2 heterocycles. The first-order chi connectivity index (χ1) is 17.4. The van der Waals surface area contributed by atoms with E-state index in [1.807, 2.05) is 54.3 Å². The standard InChI is InChI=1S/C27H28N4O4S/c1-18-6-2-3-7-22(18)30-27(35)29-20-11-9-19(10-12-20)16-24(32)31-15-5-4-8-23(31)26-28-17-21(36-26)13-14-25(33)34/h2-7,9-12,17,23H,8,13-16H2,1H3,(H,33,34)(H2,29,30,35). The molecule has 3 amide bonds. The van der Waals surface area contributed by atoms with Crippen LogP contribution < -0.4 is 10.6 Å². The second-order valence-electron chi connectivity index (χ2n) is 8.60. The number of amides is 3. The number of nitrogens with one attached hydrogen (secondary N) is 2. The first-order valence-electron chi connectivity index (χ1n) is 11.7. The molecule has 0 fully saturated rings. The molecule has 36 heavy (non-hydrogen) atoms. The molecule has 0 saturated carbocycles. The molecule has 186 valence electrons. The Balaban J connectivity index is 1.35. The second kappa shape index (κ2) is 11.6. The Morgan fingerprint density at radius 2 is 1.86 bits per heavy atom. The number of aryl methyl sites for hydroxylation is 2. The zero-order chi connectivity index (χ0) is 25.5. The van der Waals surface area contributed by atoms with Crippen molar-refractivity contribution in [3.05, 3.63) is 87.9 Å². The molecule has 9 heteroatoms. The summed E-state index contributed by atoms with van der Waals surface area (Å²) in [6, 6.07) is 14.3. The number of aromatic nitrogens is 1. The summed E-state index contributed by atoms with van der Waals surface area (Å²) in [5.74, 6) is -0.847. The smallest absolute Gasteiger partial charge is 0.323 e. The molecule has 3 N–H and O–H groups in total. The summed E-state index contributed by atoms with van der Waals surface area (Å²) in [6.07, 6.45) is 7.15.